The zero-order chi connectivity index (χ0) is 7.98. The summed E-state index contributed by atoms with van der Waals surface area (Å²) in [6, 6.07) is 0. The van der Waals surface area contributed by atoms with E-state index >= 15 is 0 Å². The summed E-state index contributed by atoms with van der Waals surface area (Å²) in [5.74, 6) is -1.07. The van der Waals surface area contributed by atoms with Crippen LogP contribution in [0.15, 0.2) is 37.5 Å². The Kier molecular flexibility index (Phi) is 3.72. The van der Waals surface area contributed by atoms with Crippen molar-refractivity contribution < 1.29 is 14.6 Å². The lowest BCUT2D eigenvalue weighted by molar-refractivity contribution is -0.113. The van der Waals surface area contributed by atoms with Gasteiger partial charge in [-0.3, -0.25) is 4.79 Å². The smallest absolute Gasteiger partial charge is 0.222 e. The largest absolute Gasteiger partial charge is 0.502 e. The van der Waals surface area contributed by atoms with Gasteiger partial charge in [-0.15, -0.1) is 0 Å². The molecule has 0 heterocycles. The fraction of sp³-hybridized carbons (Fsp3) is 0. The summed E-state index contributed by atoms with van der Waals surface area (Å²) in [4.78, 5) is 10.5. The molecule has 3 nitrogen and oxygen atoms in total. The number of ketones is 1. The fourth-order valence-electron chi connectivity index (χ4n) is 0.275. The first-order valence-electron chi connectivity index (χ1n) is 2.54. The number of aliphatic hydroxyl groups is 1. The van der Waals surface area contributed by atoms with Crippen molar-refractivity contribution in [3.05, 3.63) is 37.5 Å². The van der Waals surface area contributed by atoms with E-state index in [-0.39, 0.29) is 0 Å². The van der Waals surface area contributed by atoms with Crippen LogP contribution in [0.5, 0.6) is 0 Å². The lowest BCUT2D eigenvalue weighted by Gasteiger charge is -1.91. The molecule has 0 aromatic rings. The Morgan fingerprint density at radius 3 is 2.50 bits per heavy atom. The molecule has 1 N–H and O–H groups in total. The summed E-state index contributed by atoms with van der Waals surface area (Å²) < 4.78 is 4.40. The van der Waals surface area contributed by atoms with Crippen LogP contribution in [0, 0.1) is 0 Å². The lowest BCUT2D eigenvalue weighted by Crippen LogP contribution is -1.96. The van der Waals surface area contributed by atoms with E-state index in [1.807, 2.05) is 0 Å². The second kappa shape index (κ2) is 4.38. The maximum Gasteiger partial charge on any atom is 0.222 e. The summed E-state index contributed by atoms with van der Waals surface area (Å²) in [7, 11) is 0. The highest BCUT2D eigenvalue weighted by Gasteiger charge is 2.00. The van der Waals surface area contributed by atoms with Crippen LogP contribution in [-0.4, -0.2) is 10.9 Å². The van der Waals surface area contributed by atoms with Crippen molar-refractivity contribution in [2.45, 2.75) is 0 Å². The molecule has 0 aliphatic rings. The number of rotatable bonds is 4. The fourth-order valence-corrected chi connectivity index (χ4v) is 0.275. The predicted molar refractivity (Wildman–Crippen MR) is 37.2 cm³/mol. The average molecular weight is 140 g/mol. The Hall–Kier alpha value is -1.51. The van der Waals surface area contributed by atoms with Gasteiger partial charge in [-0.05, 0) is 6.08 Å². The molecule has 0 atom stereocenters. The second-order valence-corrected chi connectivity index (χ2v) is 1.37. The van der Waals surface area contributed by atoms with Crippen LogP contribution in [-0.2, 0) is 9.53 Å². The molecule has 0 saturated heterocycles. The molecule has 0 bridgehead atoms. The van der Waals surface area contributed by atoms with Crippen LogP contribution in [0.25, 0.3) is 0 Å². The van der Waals surface area contributed by atoms with E-state index in [9.17, 15) is 4.79 Å². The number of carbonyl (C=O) groups excluding carboxylic acids is 1. The number of hydrogen-bond donors (Lipinski definition) is 1. The minimum atomic E-state index is -0.582. The summed E-state index contributed by atoms with van der Waals surface area (Å²) in [5.41, 5.74) is 0. The van der Waals surface area contributed by atoms with Crippen molar-refractivity contribution in [1.82, 2.24) is 0 Å². The van der Waals surface area contributed by atoms with Crippen molar-refractivity contribution in [2.24, 2.45) is 0 Å². The van der Waals surface area contributed by atoms with E-state index in [4.69, 9.17) is 5.11 Å². The van der Waals surface area contributed by atoms with Gasteiger partial charge < -0.3 is 9.84 Å². The van der Waals surface area contributed by atoms with Gasteiger partial charge in [0.2, 0.25) is 5.78 Å². The van der Waals surface area contributed by atoms with Gasteiger partial charge >= 0.3 is 0 Å². The van der Waals surface area contributed by atoms with Crippen molar-refractivity contribution in [2.75, 3.05) is 0 Å². The van der Waals surface area contributed by atoms with Gasteiger partial charge in [-0.1, -0.05) is 13.2 Å². The number of allylic oxidation sites excluding steroid dienone is 1. The number of carbonyl (C=O) groups is 1. The predicted octanol–water partition coefficient (Wildman–Crippen LogP) is 1.30. The summed E-state index contributed by atoms with van der Waals surface area (Å²) in [6.45, 7) is 6.36. The first-order chi connectivity index (χ1) is 4.72. The summed E-state index contributed by atoms with van der Waals surface area (Å²) >= 11 is 0. The van der Waals surface area contributed by atoms with Crippen LogP contribution in [0.2, 0.25) is 0 Å². The highest BCUT2D eigenvalue weighted by molar-refractivity contribution is 6.01. The topological polar surface area (TPSA) is 46.5 Å². The van der Waals surface area contributed by atoms with E-state index in [1.54, 1.807) is 0 Å². The van der Waals surface area contributed by atoms with Crippen molar-refractivity contribution in [3.63, 3.8) is 0 Å². The molecule has 3 heteroatoms. The van der Waals surface area contributed by atoms with Crippen LogP contribution in [0.1, 0.15) is 0 Å². The third-order valence-electron chi connectivity index (χ3n) is 0.714. The normalized spacial score (nSPS) is 10.2. The van der Waals surface area contributed by atoms with E-state index in [0.29, 0.717) is 0 Å². The van der Waals surface area contributed by atoms with Gasteiger partial charge in [-0.2, -0.15) is 0 Å². The lowest BCUT2D eigenvalue weighted by atomic mass is 10.3. The highest BCUT2D eigenvalue weighted by atomic mass is 16.5. The third kappa shape index (κ3) is 2.71. The van der Waals surface area contributed by atoms with Gasteiger partial charge in [0.05, 0.1) is 6.26 Å². The molecule has 0 radical (unpaired) electrons. The van der Waals surface area contributed by atoms with Crippen LogP contribution >= 0.6 is 0 Å². The SMILES string of the molecule is C=CO/C=C(/O)C(=O)C=C. The summed E-state index contributed by atoms with van der Waals surface area (Å²) in [6.07, 6.45) is 2.96. The van der Waals surface area contributed by atoms with Crippen molar-refractivity contribution in [3.8, 4) is 0 Å². The maximum atomic E-state index is 10.5. The van der Waals surface area contributed by atoms with E-state index in [0.717, 1.165) is 18.6 Å². The molecule has 54 valence electrons. The Labute approximate surface area is 58.9 Å². The van der Waals surface area contributed by atoms with Crippen LogP contribution < -0.4 is 0 Å². The molecule has 0 fully saturated rings. The Balaban J connectivity index is 4.03. The molecule has 0 amide bonds. The van der Waals surface area contributed by atoms with Crippen molar-refractivity contribution in [1.29, 1.82) is 0 Å². The molecule has 0 aromatic heterocycles. The molecule has 0 aliphatic heterocycles. The minimum absolute atomic E-state index is 0.491. The molecule has 0 rings (SSSR count). The highest BCUT2D eigenvalue weighted by Crippen LogP contribution is 1.91. The van der Waals surface area contributed by atoms with Gasteiger partial charge in [0.1, 0.15) is 6.26 Å². The molecule has 10 heavy (non-hydrogen) atoms. The van der Waals surface area contributed by atoms with E-state index in [1.165, 1.54) is 0 Å². The second-order valence-electron chi connectivity index (χ2n) is 1.37. The number of ether oxygens (including phenoxy) is 1. The molecule has 0 aromatic carbocycles. The van der Waals surface area contributed by atoms with E-state index < -0.39 is 11.5 Å². The number of hydrogen-bond acceptors (Lipinski definition) is 3. The monoisotopic (exact) mass is 140 g/mol. The van der Waals surface area contributed by atoms with Crippen LogP contribution in [0.3, 0.4) is 0 Å². The molecule has 0 unspecified atom stereocenters. The first-order valence-corrected chi connectivity index (χ1v) is 2.54. The quantitative estimate of drug-likeness (QED) is 0.473. The van der Waals surface area contributed by atoms with Gasteiger partial charge in [0.25, 0.3) is 0 Å². The van der Waals surface area contributed by atoms with Crippen molar-refractivity contribution >= 4 is 5.78 Å². The van der Waals surface area contributed by atoms with Gasteiger partial charge in [0.15, 0.2) is 5.76 Å². The Morgan fingerprint density at radius 2 is 2.10 bits per heavy atom. The molecular weight excluding hydrogens is 132 g/mol. The van der Waals surface area contributed by atoms with E-state index in [2.05, 4.69) is 17.9 Å². The first kappa shape index (κ1) is 8.49. The van der Waals surface area contributed by atoms with Gasteiger partial charge in [-0.25, -0.2) is 0 Å². The maximum absolute atomic E-state index is 10.5. The zero-order valence-electron chi connectivity index (χ0n) is 5.41. The third-order valence-corrected chi connectivity index (χ3v) is 0.714. The zero-order valence-corrected chi connectivity index (χ0v) is 5.41. The average Bonchev–Trinajstić information content (AvgIpc) is 1.98. The van der Waals surface area contributed by atoms with Gasteiger partial charge in [0, 0.05) is 0 Å². The summed E-state index contributed by atoms with van der Waals surface area (Å²) in [5, 5.41) is 8.72. The minimum Gasteiger partial charge on any atom is -0.502 e. The molecule has 0 spiro atoms. The standard InChI is InChI=1S/C7H8O3/c1-3-6(8)7(9)5-10-4-2/h3-5,9H,1-2H2/b7-5+. The number of aliphatic hydroxyl groups excluding tert-OH is 1. The Morgan fingerprint density at radius 1 is 1.50 bits per heavy atom. The molecule has 0 saturated carbocycles. The molecule has 0 aliphatic carbocycles. The Bertz CT molecular complexity index is 179. The van der Waals surface area contributed by atoms with Crippen LogP contribution in [0.4, 0.5) is 0 Å². The molecular formula is C7H8O3.